The third-order valence-corrected chi connectivity index (χ3v) is 3.44. The minimum Gasteiger partial charge on any atom is -0.289 e. The molecule has 0 radical (unpaired) electrons. The van der Waals surface area contributed by atoms with Gasteiger partial charge in [0.05, 0.1) is 5.69 Å². The maximum atomic E-state index is 5.54. The molecule has 90 valence electrons. The summed E-state index contributed by atoms with van der Waals surface area (Å²) in [5, 5.41) is 7.19. The van der Waals surface area contributed by atoms with Crippen molar-refractivity contribution in [1.82, 2.24) is 14.8 Å². The van der Waals surface area contributed by atoms with E-state index in [-0.39, 0.29) is 0 Å². The van der Waals surface area contributed by atoms with Crippen LogP contribution in [0.3, 0.4) is 0 Å². The van der Waals surface area contributed by atoms with E-state index >= 15 is 0 Å². The molecule has 3 aromatic rings. The standard InChI is InChI=1S/C12H12N5S/c13-16-8-14-17(9-16)6-11-7-18-12(15-11)10-4-2-1-3-5-10/h1-5,7-9H,6,13H2/q+1. The SMILES string of the molecule is N[n+]1cnn(Cc2csc(-c3ccccc3)n2)c1. The van der Waals surface area contributed by atoms with Crippen molar-refractivity contribution in [2.45, 2.75) is 6.54 Å². The summed E-state index contributed by atoms with van der Waals surface area (Å²) in [5.41, 5.74) is 2.13. The average molecular weight is 258 g/mol. The van der Waals surface area contributed by atoms with Crippen molar-refractivity contribution in [3.8, 4) is 10.6 Å². The first kappa shape index (κ1) is 10.9. The Balaban J connectivity index is 1.82. The molecule has 0 unspecified atom stereocenters. The molecule has 2 aromatic heterocycles. The fourth-order valence-electron chi connectivity index (χ4n) is 1.68. The highest BCUT2D eigenvalue weighted by atomic mass is 32.1. The van der Waals surface area contributed by atoms with Gasteiger partial charge in [0.2, 0.25) is 6.33 Å². The van der Waals surface area contributed by atoms with Crippen LogP contribution in [0.1, 0.15) is 5.69 Å². The first-order chi connectivity index (χ1) is 8.81. The molecule has 1 aromatic carbocycles. The third kappa shape index (κ3) is 2.23. The number of rotatable bonds is 3. The average Bonchev–Trinajstić information content (AvgIpc) is 3.01. The van der Waals surface area contributed by atoms with Crippen LogP contribution in [0.4, 0.5) is 0 Å². The second-order valence-corrected chi connectivity index (χ2v) is 4.76. The number of aromatic nitrogens is 4. The molecule has 18 heavy (non-hydrogen) atoms. The van der Waals surface area contributed by atoms with E-state index in [2.05, 4.69) is 22.2 Å². The van der Waals surface area contributed by atoms with Gasteiger partial charge in [-0.05, 0) is 0 Å². The van der Waals surface area contributed by atoms with E-state index in [1.807, 2.05) is 23.6 Å². The Morgan fingerprint density at radius 2 is 2.11 bits per heavy atom. The molecule has 5 nitrogen and oxygen atoms in total. The van der Waals surface area contributed by atoms with Crippen LogP contribution in [0.2, 0.25) is 0 Å². The molecule has 0 spiro atoms. The Bertz CT molecular complexity index is 643. The van der Waals surface area contributed by atoms with Gasteiger partial charge in [-0.3, -0.25) is 5.84 Å². The van der Waals surface area contributed by atoms with Gasteiger partial charge in [0.25, 0.3) is 6.33 Å². The lowest BCUT2D eigenvalue weighted by atomic mass is 10.2. The van der Waals surface area contributed by atoms with Crippen molar-refractivity contribution < 1.29 is 4.68 Å². The van der Waals surface area contributed by atoms with Crippen LogP contribution in [-0.2, 0) is 6.54 Å². The quantitative estimate of drug-likeness (QED) is 0.564. The predicted octanol–water partition coefficient (Wildman–Crippen LogP) is 1.06. The lowest BCUT2D eigenvalue weighted by Gasteiger charge is -1.93. The maximum Gasteiger partial charge on any atom is 0.286 e. The zero-order valence-electron chi connectivity index (χ0n) is 9.60. The van der Waals surface area contributed by atoms with Crippen molar-refractivity contribution in [2.75, 3.05) is 5.84 Å². The van der Waals surface area contributed by atoms with Crippen molar-refractivity contribution in [1.29, 1.82) is 0 Å². The van der Waals surface area contributed by atoms with Crippen molar-refractivity contribution in [3.05, 3.63) is 54.1 Å². The van der Waals surface area contributed by atoms with Gasteiger partial charge in [0.1, 0.15) is 11.6 Å². The van der Waals surface area contributed by atoms with Crippen LogP contribution in [0, 0.1) is 0 Å². The van der Waals surface area contributed by atoms with Gasteiger partial charge in [-0.15, -0.1) is 20.7 Å². The molecule has 0 atom stereocenters. The molecule has 0 saturated carbocycles. The summed E-state index contributed by atoms with van der Waals surface area (Å²) < 4.78 is 3.17. The summed E-state index contributed by atoms with van der Waals surface area (Å²) in [7, 11) is 0. The molecule has 0 amide bonds. The minimum absolute atomic E-state index is 0.632. The van der Waals surface area contributed by atoms with E-state index in [0.717, 1.165) is 16.3 Å². The van der Waals surface area contributed by atoms with Gasteiger partial charge in [0, 0.05) is 16.0 Å². The van der Waals surface area contributed by atoms with E-state index in [1.54, 1.807) is 28.7 Å². The van der Waals surface area contributed by atoms with Crippen LogP contribution in [0.5, 0.6) is 0 Å². The van der Waals surface area contributed by atoms with Gasteiger partial charge >= 0.3 is 0 Å². The van der Waals surface area contributed by atoms with E-state index < -0.39 is 0 Å². The molecule has 2 N–H and O–H groups in total. The Morgan fingerprint density at radius 3 is 2.83 bits per heavy atom. The Hall–Kier alpha value is -2.21. The number of hydrogen-bond acceptors (Lipinski definition) is 4. The van der Waals surface area contributed by atoms with Crippen molar-refractivity contribution >= 4 is 11.3 Å². The highest BCUT2D eigenvalue weighted by molar-refractivity contribution is 7.13. The minimum atomic E-state index is 0.632. The maximum absolute atomic E-state index is 5.54. The topological polar surface area (TPSA) is 60.6 Å². The molecule has 0 bridgehead atoms. The van der Waals surface area contributed by atoms with E-state index in [9.17, 15) is 0 Å². The fourth-order valence-corrected chi connectivity index (χ4v) is 2.50. The van der Waals surface area contributed by atoms with Crippen LogP contribution in [-0.4, -0.2) is 14.8 Å². The normalized spacial score (nSPS) is 10.7. The van der Waals surface area contributed by atoms with Crippen molar-refractivity contribution in [2.24, 2.45) is 0 Å². The summed E-state index contributed by atoms with van der Waals surface area (Å²) in [4.78, 5) is 4.59. The summed E-state index contributed by atoms with van der Waals surface area (Å²) in [6, 6.07) is 10.2. The molecule has 0 aliphatic carbocycles. The first-order valence-corrected chi connectivity index (χ1v) is 6.38. The monoisotopic (exact) mass is 258 g/mol. The molecule has 0 fully saturated rings. The lowest BCUT2D eigenvalue weighted by molar-refractivity contribution is -0.639. The zero-order chi connectivity index (χ0) is 12.4. The van der Waals surface area contributed by atoms with Gasteiger partial charge in [-0.2, -0.15) is 0 Å². The Labute approximate surface area is 108 Å². The molecule has 0 aliphatic rings. The molecular formula is C12H12N5S+. The Kier molecular flexibility index (Phi) is 2.77. The number of benzene rings is 1. The van der Waals surface area contributed by atoms with E-state index in [0.29, 0.717) is 6.54 Å². The van der Waals surface area contributed by atoms with Crippen molar-refractivity contribution in [3.63, 3.8) is 0 Å². The fraction of sp³-hybridized carbons (Fsp3) is 0.0833. The van der Waals surface area contributed by atoms with Crippen LogP contribution in [0.25, 0.3) is 10.6 Å². The van der Waals surface area contributed by atoms with Gasteiger partial charge in [-0.1, -0.05) is 30.3 Å². The predicted molar refractivity (Wildman–Crippen MR) is 69.2 cm³/mol. The van der Waals surface area contributed by atoms with Gasteiger partial charge in [-0.25, -0.2) is 4.98 Å². The highest BCUT2D eigenvalue weighted by Crippen LogP contribution is 2.23. The molecule has 3 rings (SSSR count). The second kappa shape index (κ2) is 4.58. The molecule has 0 saturated heterocycles. The number of hydrogen-bond donors (Lipinski definition) is 1. The number of nitrogens with zero attached hydrogens (tertiary/aromatic N) is 4. The van der Waals surface area contributed by atoms with E-state index in [4.69, 9.17) is 5.84 Å². The molecule has 0 aliphatic heterocycles. The molecule has 2 heterocycles. The number of thiazole rings is 1. The highest BCUT2D eigenvalue weighted by Gasteiger charge is 2.09. The largest absolute Gasteiger partial charge is 0.289 e. The molecular weight excluding hydrogens is 246 g/mol. The summed E-state index contributed by atoms with van der Waals surface area (Å²) >= 11 is 1.64. The summed E-state index contributed by atoms with van der Waals surface area (Å²) in [6.45, 7) is 0.632. The molecule has 6 heteroatoms. The van der Waals surface area contributed by atoms with Crippen LogP contribution < -0.4 is 10.5 Å². The summed E-state index contributed by atoms with van der Waals surface area (Å²) in [6.07, 6.45) is 3.28. The zero-order valence-corrected chi connectivity index (χ0v) is 10.4. The van der Waals surface area contributed by atoms with Crippen LogP contribution >= 0.6 is 11.3 Å². The van der Waals surface area contributed by atoms with Gasteiger partial charge < -0.3 is 0 Å². The number of nitrogen functional groups attached to an aromatic ring is 1. The summed E-state index contributed by atoms with van der Waals surface area (Å²) in [5.74, 6) is 5.54. The third-order valence-electron chi connectivity index (χ3n) is 2.50. The smallest absolute Gasteiger partial charge is 0.286 e. The lowest BCUT2D eigenvalue weighted by Crippen LogP contribution is -2.42. The number of nitrogens with two attached hydrogens (primary N) is 1. The Morgan fingerprint density at radius 1 is 1.28 bits per heavy atom. The van der Waals surface area contributed by atoms with Crippen LogP contribution in [0.15, 0.2) is 48.4 Å². The first-order valence-electron chi connectivity index (χ1n) is 5.50. The van der Waals surface area contributed by atoms with Gasteiger partial charge in [0.15, 0.2) is 0 Å². The second-order valence-electron chi connectivity index (χ2n) is 3.90. The van der Waals surface area contributed by atoms with E-state index in [1.165, 1.54) is 4.68 Å².